The first-order valence-electron chi connectivity index (χ1n) is 7.25. The predicted molar refractivity (Wildman–Crippen MR) is 73.0 cm³/mol. The van der Waals surface area contributed by atoms with Crippen LogP contribution < -0.4 is 0 Å². The lowest BCUT2D eigenvalue weighted by Gasteiger charge is -2.30. The highest BCUT2D eigenvalue weighted by atomic mass is 16.5. The lowest BCUT2D eigenvalue weighted by molar-refractivity contribution is -0.0570. The smallest absolute Gasteiger partial charge is 0.0861 e. The number of benzene rings is 1. The Morgan fingerprint density at radius 2 is 2.11 bits per heavy atom. The summed E-state index contributed by atoms with van der Waals surface area (Å²) in [5.41, 5.74) is 2.59. The van der Waals surface area contributed by atoms with E-state index in [2.05, 4.69) is 25.1 Å². The summed E-state index contributed by atoms with van der Waals surface area (Å²) in [7, 11) is 0. The molecule has 3 heteroatoms. The highest BCUT2D eigenvalue weighted by Crippen LogP contribution is 2.33. The van der Waals surface area contributed by atoms with Gasteiger partial charge in [-0.05, 0) is 29.9 Å². The van der Waals surface area contributed by atoms with Crippen LogP contribution in [0.1, 0.15) is 37.0 Å². The van der Waals surface area contributed by atoms with Gasteiger partial charge in [0.1, 0.15) is 0 Å². The van der Waals surface area contributed by atoms with E-state index in [0.717, 1.165) is 26.1 Å². The van der Waals surface area contributed by atoms with E-state index in [4.69, 9.17) is 9.47 Å². The molecule has 3 nitrogen and oxygen atoms in total. The van der Waals surface area contributed by atoms with Gasteiger partial charge < -0.3 is 14.6 Å². The molecule has 0 spiro atoms. The van der Waals surface area contributed by atoms with Crippen LogP contribution in [0.15, 0.2) is 24.3 Å². The normalized spacial score (nSPS) is 32.0. The van der Waals surface area contributed by atoms with Gasteiger partial charge in [0.2, 0.25) is 0 Å². The van der Waals surface area contributed by atoms with Crippen molar-refractivity contribution in [2.45, 2.75) is 44.5 Å². The molecule has 1 N–H and O–H groups in total. The maximum atomic E-state index is 10.4. The molecule has 0 aliphatic carbocycles. The molecule has 0 radical (unpaired) electrons. The molecule has 1 aromatic rings. The van der Waals surface area contributed by atoms with Crippen molar-refractivity contribution in [1.82, 2.24) is 0 Å². The Bertz CT molecular complexity index is 432. The molecule has 3 rings (SSSR count). The van der Waals surface area contributed by atoms with Crippen molar-refractivity contribution in [3.63, 3.8) is 0 Å². The monoisotopic (exact) mass is 262 g/mol. The van der Waals surface area contributed by atoms with Crippen molar-refractivity contribution in [1.29, 1.82) is 0 Å². The van der Waals surface area contributed by atoms with Gasteiger partial charge in [-0.15, -0.1) is 0 Å². The van der Waals surface area contributed by atoms with E-state index >= 15 is 0 Å². The molecule has 0 amide bonds. The topological polar surface area (TPSA) is 38.7 Å². The first-order valence-corrected chi connectivity index (χ1v) is 7.25. The number of ether oxygens (including phenoxy) is 2. The average molecular weight is 262 g/mol. The van der Waals surface area contributed by atoms with Crippen molar-refractivity contribution in [3.8, 4) is 0 Å². The zero-order valence-corrected chi connectivity index (χ0v) is 11.4. The maximum absolute atomic E-state index is 10.4. The van der Waals surface area contributed by atoms with Crippen LogP contribution in [-0.2, 0) is 15.9 Å². The van der Waals surface area contributed by atoms with Gasteiger partial charge in [-0.25, -0.2) is 0 Å². The van der Waals surface area contributed by atoms with Gasteiger partial charge in [0, 0.05) is 13.0 Å². The molecule has 2 aliphatic heterocycles. The summed E-state index contributed by atoms with van der Waals surface area (Å²) >= 11 is 0. The zero-order chi connectivity index (χ0) is 13.2. The molecule has 1 saturated heterocycles. The molecule has 0 aromatic heterocycles. The highest BCUT2D eigenvalue weighted by Gasteiger charge is 2.33. The van der Waals surface area contributed by atoms with Crippen LogP contribution >= 0.6 is 0 Å². The van der Waals surface area contributed by atoms with Crippen LogP contribution in [0.3, 0.4) is 0 Å². The van der Waals surface area contributed by atoms with E-state index in [0.29, 0.717) is 12.3 Å². The van der Waals surface area contributed by atoms with Crippen molar-refractivity contribution in [2.24, 2.45) is 5.92 Å². The number of hydrogen-bond donors (Lipinski definition) is 1. The number of aliphatic hydroxyl groups excluding tert-OH is 1. The third kappa shape index (κ3) is 2.69. The third-order valence-electron chi connectivity index (χ3n) is 4.37. The Morgan fingerprint density at radius 3 is 2.89 bits per heavy atom. The Hall–Kier alpha value is -0.900. The first kappa shape index (κ1) is 13.1. The van der Waals surface area contributed by atoms with E-state index in [1.54, 1.807) is 0 Å². The summed E-state index contributed by atoms with van der Waals surface area (Å²) in [6.45, 7) is 3.66. The second-order valence-corrected chi connectivity index (χ2v) is 5.71. The van der Waals surface area contributed by atoms with Gasteiger partial charge in [-0.3, -0.25) is 0 Å². The molecule has 104 valence electrons. The van der Waals surface area contributed by atoms with Crippen LogP contribution in [0.5, 0.6) is 0 Å². The molecule has 1 fully saturated rings. The minimum Gasteiger partial charge on any atom is -0.390 e. The summed E-state index contributed by atoms with van der Waals surface area (Å²) in [5.74, 6) is 0.439. The molecule has 2 heterocycles. The van der Waals surface area contributed by atoms with E-state index in [-0.39, 0.29) is 12.2 Å². The van der Waals surface area contributed by atoms with Crippen molar-refractivity contribution >= 4 is 0 Å². The van der Waals surface area contributed by atoms with Crippen LogP contribution in [0.25, 0.3) is 0 Å². The molecular weight excluding hydrogens is 240 g/mol. The second kappa shape index (κ2) is 5.61. The largest absolute Gasteiger partial charge is 0.390 e. The third-order valence-corrected chi connectivity index (χ3v) is 4.37. The lowest BCUT2D eigenvalue weighted by Crippen LogP contribution is -2.33. The predicted octanol–water partition coefficient (Wildman–Crippen LogP) is 2.48. The maximum Gasteiger partial charge on any atom is 0.0861 e. The summed E-state index contributed by atoms with van der Waals surface area (Å²) in [6, 6.07) is 8.39. The summed E-state index contributed by atoms with van der Waals surface area (Å²) in [4.78, 5) is 0. The first-order chi connectivity index (χ1) is 9.25. The molecule has 19 heavy (non-hydrogen) atoms. The van der Waals surface area contributed by atoms with Gasteiger partial charge in [-0.2, -0.15) is 0 Å². The molecule has 0 saturated carbocycles. The van der Waals surface area contributed by atoms with Gasteiger partial charge in [0.15, 0.2) is 0 Å². The Morgan fingerprint density at radius 1 is 1.26 bits per heavy atom. The van der Waals surface area contributed by atoms with E-state index < -0.39 is 6.10 Å². The number of rotatable bonds is 3. The van der Waals surface area contributed by atoms with E-state index in [9.17, 15) is 5.11 Å². The van der Waals surface area contributed by atoms with Gasteiger partial charge in [0.25, 0.3) is 0 Å². The second-order valence-electron chi connectivity index (χ2n) is 5.71. The number of hydrogen-bond acceptors (Lipinski definition) is 3. The fraction of sp³-hybridized carbons (Fsp3) is 0.625. The molecule has 0 bridgehead atoms. The molecule has 1 aromatic carbocycles. The quantitative estimate of drug-likeness (QED) is 0.909. The van der Waals surface area contributed by atoms with Gasteiger partial charge in [0.05, 0.1) is 24.9 Å². The highest BCUT2D eigenvalue weighted by molar-refractivity contribution is 5.31. The van der Waals surface area contributed by atoms with E-state index in [1.165, 1.54) is 11.1 Å². The van der Waals surface area contributed by atoms with Gasteiger partial charge in [-0.1, -0.05) is 31.2 Å². The number of fused-ring (bicyclic) bond motifs is 1. The van der Waals surface area contributed by atoms with Crippen LogP contribution in [0, 0.1) is 5.92 Å². The summed E-state index contributed by atoms with van der Waals surface area (Å²) in [5, 5.41) is 10.4. The van der Waals surface area contributed by atoms with Crippen molar-refractivity contribution < 1.29 is 14.6 Å². The summed E-state index contributed by atoms with van der Waals surface area (Å²) < 4.78 is 11.5. The lowest BCUT2D eigenvalue weighted by atomic mass is 9.90. The van der Waals surface area contributed by atoms with Crippen LogP contribution in [-0.4, -0.2) is 30.5 Å². The van der Waals surface area contributed by atoms with Crippen LogP contribution in [0.2, 0.25) is 0 Å². The van der Waals surface area contributed by atoms with E-state index in [1.807, 2.05) is 6.07 Å². The fourth-order valence-corrected chi connectivity index (χ4v) is 3.23. The minimum absolute atomic E-state index is 0.0105. The molecular formula is C16H22O3. The SMILES string of the molecule is CC1CCOC1C(O)CC1OCCc2ccccc21. The molecule has 2 aliphatic rings. The zero-order valence-electron chi connectivity index (χ0n) is 11.4. The van der Waals surface area contributed by atoms with Gasteiger partial charge >= 0.3 is 0 Å². The fourth-order valence-electron chi connectivity index (χ4n) is 3.23. The Kier molecular flexibility index (Phi) is 3.87. The summed E-state index contributed by atoms with van der Waals surface area (Å²) in [6.07, 6.45) is 2.19. The number of aliphatic hydroxyl groups is 1. The Balaban J connectivity index is 1.70. The molecule has 4 atom stereocenters. The Labute approximate surface area is 114 Å². The van der Waals surface area contributed by atoms with Crippen LogP contribution in [0.4, 0.5) is 0 Å². The molecule has 4 unspecified atom stereocenters. The standard InChI is InChI=1S/C16H22O3/c1-11-6-8-19-16(11)14(17)10-15-13-5-3-2-4-12(13)7-9-18-15/h2-5,11,14-17H,6-10H2,1H3. The average Bonchev–Trinajstić information content (AvgIpc) is 2.85. The minimum atomic E-state index is -0.436. The van der Waals surface area contributed by atoms with Crippen molar-refractivity contribution in [2.75, 3.05) is 13.2 Å². The van der Waals surface area contributed by atoms with Crippen molar-refractivity contribution in [3.05, 3.63) is 35.4 Å².